The smallest absolute Gasteiger partial charge is 0.254 e. The van der Waals surface area contributed by atoms with Gasteiger partial charge in [-0.2, -0.15) is 0 Å². The van der Waals surface area contributed by atoms with E-state index >= 15 is 0 Å². The minimum absolute atomic E-state index is 0. The second-order valence-corrected chi connectivity index (χ2v) is 19.6. The average Bonchev–Trinajstić information content (AvgIpc) is 3.54. The number of benzene rings is 13. The van der Waals surface area contributed by atoms with Crippen LogP contribution in [0.4, 0.5) is 0 Å². The normalized spacial score (nSPS) is 10.9. The van der Waals surface area contributed by atoms with E-state index < -0.39 is 0 Å². The van der Waals surface area contributed by atoms with E-state index in [1.54, 1.807) is 12.4 Å². The summed E-state index contributed by atoms with van der Waals surface area (Å²) in [6.45, 7) is 0. The molecule has 0 N–H and O–H groups in total. The van der Waals surface area contributed by atoms with Gasteiger partial charge in [0.15, 0.2) is 0 Å². The number of hydrogen-bond donors (Lipinski definition) is 0. The topological polar surface area (TPSA) is 25.8 Å². The van der Waals surface area contributed by atoms with Crippen LogP contribution in [0, 0.1) is 49.4 Å². The van der Waals surface area contributed by atoms with Gasteiger partial charge in [0.25, 0.3) is 0 Å². The van der Waals surface area contributed by atoms with Gasteiger partial charge in [0, 0.05) is 23.2 Å². The molecule has 0 aliphatic rings. The summed E-state index contributed by atoms with van der Waals surface area (Å²) in [5, 5.41) is 18.3. The summed E-state index contributed by atoms with van der Waals surface area (Å²) in [4.78, 5) is 8.69. The molecule has 0 bridgehead atoms. The van der Waals surface area contributed by atoms with Crippen LogP contribution in [0.2, 0.25) is 0 Å². The van der Waals surface area contributed by atoms with Crippen molar-refractivity contribution in [1.29, 1.82) is 0 Å². The molecule has 0 amide bonds. The Morgan fingerprint density at radius 1 is 0.179 bits per heavy atom. The van der Waals surface area contributed by atoms with E-state index in [9.17, 15) is 0 Å². The molecule has 0 aliphatic heterocycles. The Bertz CT molecular complexity index is 3830. The molecule has 2 aromatic heterocycles. The minimum atomic E-state index is 0. The van der Waals surface area contributed by atoms with Gasteiger partial charge in [-0.05, 0) is 129 Å². The van der Waals surface area contributed by atoms with Crippen LogP contribution in [0.5, 0.6) is 0 Å². The summed E-state index contributed by atoms with van der Waals surface area (Å²) < 4.78 is 0. The van der Waals surface area contributed by atoms with Gasteiger partial charge in [-0.25, -0.2) is 0 Å². The van der Waals surface area contributed by atoms with Crippen LogP contribution in [0.1, 0.15) is 33.4 Å². The second-order valence-electron chi connectivity index (χ2n) is 19.6. The number of rotatable bonds is 6. The number of pyridine rings is 2. The Morgan fingerprint density at radius 3 is 0.603 bits per heavy atom. The molecule has 2 heterocycles. The van der Waals surface area contributed by atoms with Crippen molar-refractivity contribution in [3.8, 4) is 0 Å². The Morgan fingerprint density at radius 2 is 0.372 bits per heavy atom. The third-order valence-corrected chi connectivity index (χ3v) is 14.8. The third-order valence-electron chi connectivity index (χ3n) is 14.8. The van der Waals surface area contributed by atoms with Gasteiger partial charge in [0.2, 0.25) is 0 Å². The standard InChI is InChI=1S/3C21H16.C12H8N2.Eu/c3*1-3-13-20-16(7-1)9-5-11-18(20)15-19-12-6-10-17-8-2-4-14-21(17)19;1-3-9-5-6-10-4-2-8-14-12(10)11(9)13-7-1;/h3*1-14H,15H2;1-8H;/q;;;;+3. The van der Waals surface area contributed by atoms with Gasteiger partial charge >= 0.3 is 49.4 Å². The van der Waals surface area contributed by atoms with Gasteiger partial charge in [-0.15, -0.1) is 0 Å². The SMILES string of the molecule is [Eu+3].c1ccc2c(Cc3cccc4ccccc34)cccc2c1.c1ccc2c(Cc3cccc4ccccc34)cccc2c1.c1ccc2c(Cc3cccc4ccccc34)cccc2c1.c1cnc2c(c1)ccc1cccnc12. The molecule has 2 nitrogen and oxygen atoms in total. The Balaban J connectivity index is 0.000000111. The zero-order valence-electron chi connectivity index (χ0n) is 43.3. The maximum atomic E-state index is 4.35. The van der Waals surface area contributed by atoms with Crippen LogP contribution in [-0.4, -0.2) is 9.97 Å². The van der Waals surface area contributed by atoms with E-state index in [4.69, 9.17) is 0 Å². The molecule has 0 atom stereocenters. The van der Waals surface area contributed by atoms with Crippen molar-refractivity contribution in [2.24, 2.45) is 0 Å². The molecule has 78 heavy (non-hydrogen) atoms. The molecule has 0 saturated heterocycles. The maximum Gasteiger partial charge on any atom is 3.00 e. The predicted molar refractivity (Wildman–Crippen MR) is 329 cm³/mol. The van der Waals surface area contributed by atoms with Crippen molar-refractivity contribution in [3.05, 3.63) is 337 Å². The first-order valence-electron chi connectivity index (χ1n) is 26.6. The molecule has 0 spiro atoms. The van der Waals surface area contributed by atoms with Crippen molar-refractivity contribution in [2.45, 2.75) is 19.3 Å². The molecule has 15 rings (SSSR count). The fourth-order valence-corrected chi connectivity index (χ4v) is 11.0. The van der Waals surface area contributed by atoms with E-state index in [1.807, 2.05) is 12.1 Å². The van der Waals surface area contributed by atoms with Gasteiger partial charge in [-0.1, -0.05) is 279 Å². The molecule has 13 aromatic carbocycles. The summed E-state index contributed by atoms with van der Waals surface area (Å²) >= 11 is 0. The summed E-state index contributed by atoms with van der Waals surface area (Å²) in [7, 11) is 0. The van der Waals surface area contributed by atoms with Gasteiger partial charge < -0.3 is 0 Å². The number of fused-ring (bicyclic) bond motifs is 9. The fraction of sp³-hybridized carbons (Fsp3) is 0.0400. The first-order chi connectivity index (χ1) is 38.2. The fourth-order valence-electron chi connectivity index (χ4n) is 11.0. The molecule has 15 aromatic rings. The van der Waals surface area contributed by atoms with E-state index in [1.165, 1.54) is 98.0 Å². The number of aromatic nitrogens is 2. The molecule has 370 valence electrons. The number of nitrogens with zero attached hydrogens (tertiary/aromatic N) is 2. The second kappa shape index (κ2) is 24.9. The van der Waals surface area contributed by atoms with Crippen LogP contribution in [0.25, 0.3) is 86.4 Å². The van der Waals surface area contributed by atoms with Crippen LogP contribution in [-0.2, 0) is 19.3 Å². The van der Waals surface area contributed by atoms with Crippen molar-refractivity contribution < 1.29 is 49.4 Å². The van der Waals surface area contributed by atoms with Crippen LogP contribution >= 0.6 is 0 Å². The summed E-state index contributed by atoms with van der Waals surface area (Å²) in [6.07, 6.45) is 6.53. The van der Waals surface area contributed by atoms with Crippen LogP contribution < -0.4 is 0 Å². The minimum Gasteiger partial charge on any atom is -0.254 e. The molecular formula is C75H56EuN2+3. The molecule has 3 heteroatoms. The molecular weight excluding hydrogens is 1080 g/mol. The van der Waals surface area contributed by atoms with Crippen LogP contribution in [0.3, 0.4) is 0 Å². The van der Waals surface area contributed by atoms with Crippen molar-refractivity contribution >= 4 is 86.4 Å². The Labute approximate surface area is 497 Å². The van der Waals surface area contributed by atoms with Crippen molar-refractivity contribution in [3.63, 3.8) is 0 Å². The molecule has 0 aliphatic carbocycles. The zero-order chi connectivity index (χ0) is 51.6. The van der Waals surface area contributed by atoms with Crippen molar-refractivity contribution in [1.82, 2.24) is 9.97 Å². The van der Waals surface area contributed by atoms with Crippen molar-refractivity contribution in [2.75, 3.05) is 0 Å². The molecule has 0 saturated carbocycles. The van der Waals surface area contributed by atoms with E-state index in [2.05, 4.69) is 289 Å². The maximum absolute atomic E-state index is 4.35. The Kier molecular flexibility index (Phi) is 16.6. The molecule has 0 radical (unpaired) electrons. The quantitative estimate of drug-likeness (QED) is 0.155. The predicted octanol–water partition coefficient (Wildman–Crippen LogP) is 19.5. The summed E-state index contributed by atoms with van der Waals surface area (Å²) in [5.41, 5.74) is 10.3. The zero-order valence-corrected chi connectivity index (χ0v) is 45.7. The van der Waals surface area contributed by atoms with E-state index in [-0.39, 0.29) is 49.4 Å². The third kappa shape index (κ3) is 11.7. The molecule has 0 fully saturated rings. The largest absolute Gasteiger partial charge is 3.00 e. The first-order valence-corrected chi connectivity index (χ1v) is 26.6. The van der Waals surface area contributed by atoms with E-state index in [0.29, 0.717) is 0 Å². The van der Waals surface area contributed by atoms with Gasteiger partial charge in [-0.3, -0.25) is 9.97 Å². The first kappa shape index (κ1) is 51.9. The van der Waals surface area contributed by atoms with E-state index in [0.717, 1.165) is 41.1 Å². The Hall–Kier alpha value is -8.18. The molecule has 0 unspecified atom stereocenters. The number of hydrogen-bond acceptors (Lipinski definition) is 2. The monoisotopic (exact) mass is 1140 g/mol. The van der Waals surface area contributed by atoms with Crippen LogP contribution in [0.15, 0.2) is 304 Å². The average molecular weight is 1140 g/mol. The van der Waals surface area contributed by atoms with Gasteiger partial charge in [0.1, 0.15) is 0 Å². The summed E-state index contributed by atoms with van der Waals surface area (Å²) in [6, 6.07) is 103. The summed E-state index contributed by atoms with van der Waals surface area (Å²) in [5.74, 6) is 0. The van der Waals surface area contributed by atoms with Gasteiger partial charge in [0.05, 0.1) is 11.0 Å².